The van der Waals surface area contributed by atoms with Crippen molar-refractivity contribution in [3.05, 3.63) is 17.5 Å². The fourth-order valence-electron chi connectivity index (χ4n) is 1.32. The second-order valence-electron chi connectivity index (χ2n) is 3.73. The molecule has 0 radical (unpaired) electrons. The SMILES string of the molecule is Cc1nn(CC(C)C)cc1CC=O. The van der Waals surface area contributed by atoms with Gasteiger partial charge in [0, 0.05) is 24.7 Å². The zero-order chi connectivity index (χ0) is 9.84. The third-order valence-electron chi connectivity index (χ3n) is 1.90. The molecule has 0 saturated heterocycles. The molecule has 3 nitrogen and oxygen atoms in total. The Balaban J connectivity index is 2.75. The second kappa shape index (κ2) is 4.21. The van der Waals surface area contributed by atoms with E-state index in [1.807, 2.05) is 17.8 Å². The quantitative estimate of drug-likeness (QED) is 0.659. The topological polar surface area (TPSA) is 34.9 Å². The standard InChI is InChI=1S/C10H16N2O/c1-8(2)6-12-7-10(4-5-13)9(3)11-12/h5,7-8H,4,6H2,1-3H3. The average Bonchev–Trinajstić information content (AvgIpc) is 2.31. The lowest BCUT2D eigenvalue weighted by molar-refractivity contribution is -0.107. The number of aromatic nitrogens is 2. The van der Waals surface area contributed by atoms with Gasteiger partial charge in [-0.15, -0.1) is 0 Å². The van der Waals surface area contributed by atoms with Crippen LogP contribution in [0.2, 0.25) is 0 Å². The Bertz CT molecular complexity index is 289. The first-order valence-electron chi connectivity index (χ1n) is 4.60. The van der Waals surface area contributed by atoms with Crippen LogP contribution in [-0.4, -0.2) is 16.1 Å². The van der Waals surface area contributed by atoms with E-state index in [4.69, 9.17) is 0 Å². The van der Waals surface area contributed by atoms with E-state index < -0.39 is 0 Å². The Hall–Kier alpha value is -1.12. The number of carbonyl (C=O) groups excluding carboxylic acids is 1. The molecule has 0 amide bonds. The number of aldehydes is 1. The summed E-state index contributed by atoms with van der Waals surface area (Å²) in [6.07, 6.45) is 3.36. The maximum atomic E-state index is 10.3. The number of aryl methyl sites for hydroxylation is 1. The number of rotatable bonds is 4. The van der Waals surface area contributed by atoms with E-state index in [0.717, 1.165) is 24.1 Å². The molecule has 0 aliphatic carbocycles. The maximum Gasteiger partial charge on any atom is 0.124 e. The van der Waals surface area contributed by atoms with Crippen molar-refractivity contribution >= 4 is 6.29 Å². The molecule has 0 aliphatic rings. The molecule has 0 bridgehead atoms. The normalized spacial score (nSPS) is 10.8. The zero-order valence-corrected chi connectivity index (χ0v) is 8.45. The highest BCUT2D eigenvalue weighted by molar-refractivity contribution is 5.55. The van der Waals surface area contributed by atoms with Crippen LogP contribution < -0.4 is 0 Å². The molecular formula is C10H16N2O. The molecule has 0 fully saturated rings. The molecule has 3 heteroatoms. The summed E-state index contributed by atoms with van der Waals surface area (Å²) in [6.45, 7) is 7.15. The summed E-state index contributed by atoms with van der Waals surface area (Å²) in [5.41, 5.74) is 2.00. The highest BCUT2D eigenvalue weighted by Crippen LogP contribution is 2.07. The smallest absolute Gasteiger partial charge is 0.124 e. The fourth-order valence-corrected chi connectivity index (χ4v) is 1.32. The van der Waals surface area contributed by atoms with Gasteiger partial charge in [0.05, 0.1) is 5.69 Å². The average molecular weight is 180 g/mol. The lowest BCUT2D eigenvalue weighted by Crippen LogP contribution is -2.04. The van der Waals surface area contributed by atoms with Crippen LogP contribution in [0.25, 0.3) is 0 Å². The van der Waals surface area contributed by atoms with Crippen LogP contribution in [0.4, 0.5) is 0 Å². The number of carbonyl (C=O) groups is 1. The minimum atomic E-state index is 0.476. The summed E-state index contributed by atoms with van der Waals surface area (Å²) in [5, 5.41) is 4.33. The van der Waals surface area contributed by atoms with Gasteiger partial charge in [-0.1, -0.05) is 13.8 Å². The molecule has 1 rings (SSSR count). The highest BCUT2D eigenvalue weighted by atomic mass is 16.1. The van der Waals surface area contributed by atoms with Crippen molar-refractivity contribution < 1.29 is 4.79 Å². The van der Waals surface area contributed by atoms with Crippen LogP contribution in [0, 0.1) is 12.8 Å². The molecule has 1 heterocycles. The Morgan fingerprint density at radius 3 is 2.85 bits per heavy atom. The van der Waals surface area contributed by atoms with E-state index in [-0.39, 0.29) is 0 Å². The van der Waals surface area contributed by atoms with Gasteiger partial charge >= 0.3 is 0 Å². The third-order valence-corrected chi connectivity index (χ3v) is 1.90. The minimum absolute atomic E-state index is 0.476. The molecule has 0 spiro atoms. The van der Waals surface area contributed by atoms with Gasteiger partial charge in [-0.05, 0) is 12.8 Å². The van der Waals surface area contributed by atoms with Crippen molar-refractivity contribution in [1.82, 2.24) is 9.78 Å². The Morgan fingerprint density at radius 1 is 1.62 bits per heavy atom. The number of hydrogen-bond acceptors (Lipinski definition) is 2. The summed E-state index contributed by atoms with van der Waals surface area (Å²) in [7, 11) is 0. The van der Waals surface area contributed by atoms with Gasteiger partial charge < -0.3 is 4.79 Å². The van der Waals surface area contributed by atoms with Gasteiger partial charge in [0.25, 0.3) is 0 Å². The predicted molar refractivity (Wildman–Crippen MR) is 51.6 cm³/mol. The molecule has 0 unspecified atom stereocenters. The number of hydrogen-bond donors (Lipinski definition) is 0. The second-order valence-corrected chi connectivity index (χ2v) is 3.73. The monoisotopic (exact) mass is 180 g/mol. The van der Waals surface area contributed by atoms with Gasteiger partial charge in [0.2, 0.25) is 0 Å². The number of nitrogens with zero attached hydrogens (tertiary/aromatic N) is 2. The third kappa shape index (κ3) is 2.68. The molecule has 1 aromatic heterocycles. The Labute approximate surface area is 78.8 Å². The van der Waals surface area contributed by atoms with Gasteiger partial charge in [-0.25, -0.2) is 0 Å². The van der Waals surface area contributed by atoms with E-state index >= 15 is 0 Å². The zero-order valence-electron chi connectivity index (χ0n) is 8.45. The van der Waals surface area contributed by atoms with Crippen molar-refractivity contribution in [2.24, 2.45) is 5.92 Å². The summed E-state index contributed by atoms with van der Waals surface area (Å²) < 4.78 is 1.92. The lowest BCUT2D eigenvalue weighted by Gasteiger charge is -2.03. The predicted octanol–water partition coefficient (Wildman–Crippen LogP) is 1.59. The molecule has 0 saturated carbocycles. The van der Waals surface area contributed by atoms with E-state index in [0.29, 0.717) is 12.3 Å². The summed E-state index contributed by atoms with van der Waals surface area (Å²) in [4.78, 5) is 10.3. The minimum Gasteiger partial charge on any atom is -0.303 e. The van der Waals surface area contributed by atoms with Gasteiger partial charge in [-0.2, -0.15) is 5.10 Å². The molecule has 0 atom stereocenters. The van der Waals surface area contributed by atoms with Crippen molar-refractivity contribution in [2.45, 2.75) is 33.7 Å². The van der Waals surface area contributed by atoms with Crippen molar-refractivity contribution in [3.63, 3.8) is 0 Å². The molecule has 72 valence electrons. The van der Waals surface area contributed by atoms with Crippen LogP contribution in [0.5, 0.6) is 0 Å². The molecule has 0 aliphatic heterocycles. The van der Waals surface area contributed by atoms with Crippen molar-refractivity contribution in [3.8, 4) is 0 Å². The first kappa shape index (κ1) is 9.96. The van der Waals surface area contributed by atoms with Crippen LogP contribution in [-0.2, 0) is 17.8 Å². The van der Waals surface area contributed by atoms with E-state index in [9.17, 15) is 4.79 Å². The Kier molecular flexibility index (Phi) is 3.23. The van der Waals surface area contributed by atoms with Gasteiger partial charge in [0.15, 0.2) is 0 Å². The first-order valence-corrected chi connectivity index (χ1v) is 4.60. The molecule has 0 aromatic carbocycles. The summed E-state index contributed by atoms with van der Waals surface area (Å²) >= 11 is 0. The Morgan fingerprint density at radius 2 is 2.31 bits per heavy atom. The molecule has 1 aromatic rings. The first-order chi connectivity index (χ1) is 6.13. The van der Waals surface area contributed by atoms with Crippen LogP contribution in [0.1, 0.15) is 25.1 Å². The van der Waals surface area contributed by atoms with Gasteiger partial charge in [-0.3, -0.25) is 4.68 Å². The molecule has 13 heavy (non-hydrogen) atoms. The molecule has 0 N–H and O–H groups in total. The van der Waals surface area contributed by atoms with E-state index in [2.05, 4.69) is 18.9 Å². The van der Waals surface area contributed by atoms with Crippen molar-refractivity contribution in [1.29, 1.82) is 0 Å². The highest BCUT2D eigenvalue weighted by Gasteiger charge is 2.04. The van der Waals surface area contributed by atoms with Crippen LogP contribution in [0.3, 0.4) is 0 Å². The van der Waals surface area contributed by atoms with Crippen LogP contribution in [0.15, 0.2) is 6.20 Å². The van der Waals surface area contributed by atoms with E-state index in [1.165, 1.54) is 0 Å². The fraction of sp³-hybridized carbons (Fsp3) is 0.600. The maximum absolute atomic E-state index is 10.3. The largest absolute Gasteiger partial charge is 0.303 e. The summed E-state index contributed by atoms with van der Waals surface area (Å²) in [6, 6.07) is 0. The molecular weight excluding hydrogens is 164 g/mol. The van der Waals surface area contributed by atoms with E-state index in [1.54, 1.807) is 0 Å². The summed E-state index contributed by atoms with van der Waals surface area (Å²) in [5.74, 6) is 0.586. The lowest BCUT2D eigenvalue weighted by atomic mass is 10.2. The van der Waals surface area contributed by atoms with Crippen molar-refractivity contribution in [2.75, 3.05) is 0 Å². The van der Waals surface area contributed by atoms with Crippen LogP contribution >= 0.6 is 0 Å². The van der Waals surface area contributed by atoms with Gasteiger partial charge in [0.1, 0.15) is 6.29 Å².